The van der Waals surface area contributed by atoms with Gasteiger partial charge in [-0.05, 0) is 189 Å². The van der Waals surface area contributed by atoms with Gasteiger partial charge in [-0.25, -0.2) is 24.2 Å². The van der Waals surface area contributed by atoms with Gasteiger partial charge >= 0.3 is 30.1 Å². The molecule has 2 amide bonds. The highest BCUT2D eigenvalue weighted by molar-refractivity contribution is 6.74. The summed E-state index contributed by atoms with van der Waals surface area (Å²) in [6.45, 7) is 36.9. The fourth-order valence-electron chi connectivity index (χ4n) is 10.8. The summed E-state index contributed by atoms with van der Waals surface area (Å²) in [6.07, 6.45) is 1.06. The number of benzene rings is 4. The van der Waals surface area contributed by atoms with Crippen molar-refractivity contribution in [3.05, 3.63) is 114 Å². The number of nitrogens with one attached hydrogen (secondary N) is 1. The van der Waals surface area contributed by atoms with Gasteiger partial charge in [0.25, 0.3) is 12.1 Å². The van der Waals surface area contributed by atoms with Gasteiger partial charge in [-0.3, -0.25) is 14.4 Å². The van der Waals surface area contributed by atoms with Crippen molar-refractivity contribution in [2.24, 2.45) is 17.8 Å². The third-order valence-corrected chi connectivity index (χ3v) is 27.5. The number of aromatic nitrogens is 2. The Balaban J connectivity index is 0.000000407. The Labute approximate surface area is 605 Å². The van der Waals surface area contributed by atoms with Crippen LogP contribution in [-0.2, 0) is 46.9 Å². The quantitative estimate of drug-likeness (QED) is 0.0170. The van der Waals surface area contributed by atoms with E-state index in [1.165, 1.54) is 26.4 Å². The number of Topliss-reactive ketones (excluding diaryl/α,β-unsaturated/α-hetero) is 1. The summed E-state index contributed by atoms with van der Waals surface area (Å²) in [7, 11) is 1.38. The normalized spacial score (nSPS) is 14.8. The summed E-state index contributed by atoms with van der Waals surface area (Å²) >= 11 is 0. The van der Waals surface area contributed by atoms with Gasteiger partial charge in [-0.1, -0.05) is 77.9 Å². The topological polar surface area (TPSA) is 311 Å². The van der Waals surface area contributed by atoms with Gasteiger partial charge in [-0.2, -0.15) is 0 Å². The second-order valence-electron chi connectivity index (χ2n) is 30.2. The lowest BCUT2D eigenvalue weighted by Crippen LogP contribution is -2.45. The van der Waals surface area contributed by atoms with Crippen LogP contribution in [0.4, 0.5) is 9.59 Å². The molecule has 102 heavy (non-hydrogen) atoms. The molecule has 0 spiro atoms. The summed E-state index contributed by atoms with van der Waals surface area (Å²) in [6, 6.07) is 28.5. The fraction of sp³-hybridized carbons (Fsp3) is 0.553. The maximum absolute atomic E-state index is 14.0. The van der Waals surface area contributed by atoms with E-state index in [0.717, 1.165) is 26.9 Å². The van der Waals surface area contributed by atoms with E-state index in [0.29, 0.717) is 111 Å². The Bertz CT molecular complexity index is 3540. The standard InChI is InChI=1S/C37H53N3O7Si.C37H53NO10Si.C2H4O2.H3N/c1-36(2,3)47-35(42)40-21-18-25(19-22-40)28(20-23-45-48(9,10)37(4,5)6)33-38-31(32(39-33)34(41)44-8)26-16-17-29(30(24-26)43-7)46-27-14-12-11-13-15-27;1-36(2,3)48-35(42)38-21-18-25(19-22-38)28(20-23-45-49(9,10)37(4,5)6)33(40)47-32(34(41)44-8)31(39)26-16-17-29(30(24-26)43-7)46-27-14-12-11-13-15-27;1-2(3)4;/h11-17,24-25,28H,18-23H2,1-10H3,(H,38,39);11-17,24-25,28,32H,18-23H2,1-10H3;1H3,(H,3,4);1H3. The highest BCUT2D eigenvalue weighted by Crippen LogP contribution is 2.43. The molecule has 2 aliphatic heterocycles. The first kappa shape index (κ1) is 86.1. The van der Waals surface area contributed by atoms with E-state index in [-0.39, 0.29) is 57.1 Å². The number of hydrogen-bond donors (Lipinski definition) is 3. The van der Waals surface area contributed by atoms with Crippen LogP contribution >= 0.6 is 0 Å². The van der Waals surface area contributed by atoms with Crippen LogP contribution in [0, 0.1) is 17.8 Å². The monoisotopic (exact) mass is 1460 g/mol. The molecule has 2 fully saturated rings. The molecule has 4 aromatic carbocycles. The third-order valence-electron chi connectivity index (χ3n) is 18.4. The molecule has 5 N–H and O–H groups in total. The van der Waals surface area contributed by atoms with Crippen LogP contribution in [0.3, 0.4) is 0 Å². The van der Waals surface area contributed by atoms with E-state index in [2.05, 4.69) is 72.7 Å². The largest absolute Gasteiger partial charge is 0.493 e. The van der Waals surface area contributed by atoms with E-state index in [9.17, 15) is 28.8 Å². The first-order valence-electron chi connectivity index (χ1n) is 34.4. The lowest BCUT2D eigenvalue weighted by Gasteiger charge is -2.38. The maximum Gasteiger partial charge on any atom is 0.410 e. The van der Waals surface area contributed by atoms with Crippen molar-refractivity contribution in [3.8, 4) is 45.8 Å². The van der Waals surface area contributed by atoms with Crippen LogP contribution in [0.25, 0.3) is 11.3 Å². The first-order valence-corrected chi connectivity index (χ1v) is 40.2. The number of methoxy groups -OCH3 is 4. The number of carbonyl (C=O) groups is 7. The van der Waals surface area contributed by atoms with Crippen molar-refractivity contribution in [1.82, 2.24) is 25.9 Å². The number of rotatable bonds is 24. The molecule has 3 atom stereocenters. The zero-order valence-corrected chi connectivity index (χ0v) is 66.0. The number of aliphatic carboxylic acids is 1. The predicted octanol–water partition coefficient (Wildman–Crippen LogP) is 16.5. The Hall–Kier alpha value is -8.31. The fourth-order valence-corrected chi connectivity index (χ4v) is 12.9. The smallest absolute Gasteiger partial charge is 0.410 e. The number of nitrogens with zero attached hydrogens (tertiary/aromatic N) is 3. The molecule has 5 aromatic rings. The summed E-state index contributed by atoms with van der Waals surface area (Å²) in [5.41, 5.74) is 0.322. The number of hydrogen-bond acceptors (Lipinski definition) is 20. The van der Waals surface area contributed by atoms with Gasteiger partial charge in [-0.15, -0.1) is 0 Å². The molecule has 0 saturated carbocycles. The SMILES string of the molecule is CC(=O)O.COC(=O)C(OC(=O)C(CCO[Si](C)(C)C(C)(C)C)C1CCN(C(=O)OC(C)(C)C)CC1)C(=O)c1ccc(Oc2ccccc2)c(OC)c1.COC(=O)c1[nH]c(C(CCO[Si](C)(C)C(C)(C)C)C2CCN(C(=O)OC(C)(C)C)CC2)nc1-c1ccc(Oc2ccccc2)c(OC)c1.N. The number of aromatic amines is 1. The number of ketones is 1. The summed E-state index contributed by atoms with van der Waals surface area (Å²) in [5, 5.41) is 7.46. The molecule has 3 unspecified atom stereocenters. The molecular formula is C76H113N5O19Si2. The number of ether oxygens (including phenoxy) is 9. The number of imidazole rings is 1. The number of likely N-dealkylation sites (tertiary alicyclic amines) is 2. The van der Waals surface area contributed by atoms with Crippen molar-refractivity contribution in [2.45, 2.75) is 188 Å². The van der Waals surface area contributed by atoms with Crippen LogP contribution in [0.15, 0.2) is 97.1 Å². The zero-order chi connectivity index (χ0) is 75.4. The number of carboxylic acids is 1. The molecule has 7 rings (SSSR count). The van der Waals surface area contributed by atoms with Gasteiger partial charge in [0.15, 0.2) is 45.3 Å². The number of H-pyrrole nitrogens is 1. The minimum Gasteiger partial charge on any atom is -0.493 e. The van der Waals surface area contributed by atoms with Crippen LogP contribution in [-0.4, -0.2) is 168 Å². The molecule has 2 saturated heterocycles. The zero-order valence-electron chi connectivity index (χ0n) is 64.0. The lowest BCUT2D eigenvalue weighted by molar-refractivity contribution is -0.167. The molecule has 3 heterocycles. The van der Waals surface area contributed by atoms with Crippen LogP contribution < -0.4 is 25.1 Å². The van der Waals surface area contributed by atoms with E-state index < -0.39 is 75.6 Å². The van der Waals surface area contributed by atoms with E-state index in [1.54, 1.807) is 35.1 Å². The molecule has 0 bridgehead atoms. The second kappa shape index (κ2) is 37.7. The minimum atomic E-state index is -2.13. The Kier molecular flexibility index (Phi) is 31.9. The Morgan fingerprint density at radius 1 is 0.569 bits per heavy atom. The highest BCUT2D eigenvalue weighted by atomic mass is 28.4. The Morgan fingerprint density at radius 3 is 1.42 bits per heavy atom. The lowest BCUT2D eigenvalue weighted by atomic mass is 9.82. The van der Waals surface area contributed by atoms with Crippen molar-refractivity contribution in [3.63, 3.8) is 0 Å². The summed E-state index contributed by atoms with van der Waals surface area (Å²) in [4.78, 5) is 100. The molecule has 2 aliphatic rings. The molecule has 1 aromatic heterocycles. The summed E-state index contributed by atoms with van der Waals surface area (Å²) in [5.74, 6) is -0.923. The maximum atomic E-state index is 14.0. The summed E-state index contributed by atoms with van der Waals surface area (Å²) < 4.78 is 63.2. The van der Waals surface area contributed by atoms with Crippen LogP contribution in [0.5, 0.6) is 34.5 Å². The molecule has 26 heteroatoms. The van der Waals surface area contributed by atoms with Gasteiger partial charge in [0.05, 0.1) is 34.4 Å². The number of carbonyl (C=O) groups excluding carboxylic acids is 6. The van der Waals surface area contributed by atoms with Crippen molar-refractivity contribution in [1.29, 1.82) is 0 Å². The van der Waals surface area contributed by atoms with Gasteiger partial charge in [0.1, 0.15) is 34.2 Å². The average Bonchev–Trinajstić information content (AvgIpc) is 1.61. The van der Waals surface area contributed by atoms with Crippen molar-refractivity contribution in [2.75, 3.05) is 67.8 Å². The molecule has 0 radical (unpaired) electrons. The predicted molar refractivity (Wildman–Crippen MR) is 395 cm³/mol. The van der Waals surface area contributed by atoms with E-state index in [1.807, 2.05) is 108 Å². The molecule has 564 valence electrons. The highest BCUT2D eigenvalue weighted by Gasteiger charge is 2.43. The van der Waals surface area contributed by atoms with Gasteiger partial charge < -0.3 is 77.5 Å². The van der Waals surface area contributed by atoms with Crippen LogP contribution in [0.1, 0.15) is 161 Å². The third kappa shape index (κ3) is 25.6. The van der Waals surface area contributed by atoms with Crippen molar-refractivity contribution < 1.29 is 90.2 Å². The number of piperidine rings is 2. The minimum absolute atomic E-state index is 0. The van der Waals surface area contributed by atoms with Gasteiger partial charge in [0, 0.05) is 63.4 Å². The van der Waals surface area contributed by atoms with E-state index in [4.69, 9.17) is 66.4 Å². The van der Waals surface area contributed by atoms with Crippen molar-refractivity contribution >= 4 is 58.5 Å². The molecular weight excluding hydrogens is 1340 g/mol. The van der Waals surface area contributed by atoms with E-state index >= 15 is 0 Å². The second-order valence-corrected chi connectivity index (χ2v) is 39.9. The molecule has 0 aliphatic carbocycles. The van der Waals surface area contributed by atoms with Crippen LogP contribution in [0.2, 0.25) is 36.3 Å². The number of amides is 2. The van der Waals surface area contributed by atoms with Gasteiger partial charge in [0.2, 0.25) is 5.78 Å². The first-order chi connectivity index (χ1) is 47.1. The number of esters is 3. The average molecular weight is 1460 g/mol. The molecule has 24 nitrogen and oxygen atoms in total. The number of carboxylic acid groups (broad SMARTS) is 1. The number of para-hydroxylation sites is 2. The Morgan fingerprint density at radius 2 is 1.00 bits per heavy atom.